The predicted octanol–water partition coefficient (Wildman–Crippen LogP) is 5.29. The van der Waals surface area contributed by atoms with Crippen LogP contribution in [0.1, 0.15) is 12.5 Å². The molecule has 0 unspecified atom stereocenters. The van der Waals surface area contributed by atoms with Gasteiger partial charge in [-0.1, -0.05) is 41.1 Å². The van der Waals surface area contributed by atoms with Crippen molar-refractivity contribution in [3.63, 3.8) is 0 Å². The van der Waals surface area contributed by atoms with Gasteiger partial charge in [0.2, 0.25) is 5.95 Å². The lowest BCUT2D eigenvalue weighted by Crippen LogP contribution is -2.01. The Hall–Kier alpha value is -2.40. The second-order valence-corrected chi connectivity index (χ2v) is 5.95. The summed E-state index contributed by atoms with van der Waals surface area (Å²) < 4.78 is 1.04. The Balaban J connectivity index is 1.78. The maximum atomic E-state index is 4.52. The largest absolute Gasteiger partial charge is 0.340 e. The monoisotopic (exact) mass is 368 g/mol. The molecule has 0 spiro atoms. The normalized spacial score (nSPS) is 10.3. The summed E-state index contributed by atoms with van der Waals surface area (Å²) in [5.74, 6) is 1.33. The first-order valence-electron chi connectivity index (χ1n) is 7.45. The maximum absolute atomic E-state index is 4.52. The molecule has 0 aliphatic heterocycles. The number of nitrogens with one attached hydrogen (secondary N) is 2. The molecular weight excluding hydrogens is 352 g/mol. The van der Waals surface area contributed by atoms with E-state index in [2.05, 4.69) is 55.6 Å². The van der Waals surface area contributed by atoms with E-state index in [9.17, 15) is 0 Å². The van der Waals surface area contributed by atoms with Crippen molar-refractivity contribution in [2.24, 2.45) is 0 Å². The van der Waals surface area contributed by atoms with E-state index < -0.39 is 0 Å². The first-order chi connectivity index (χ1) is 11.2. The first-order valence-corrected chi connectivity index (χ1v) is 8.24. The van der Waals surface area contributed by atoms with E-state index in [0.29, 0.717) is 5.95 Å². The van der Waals surface area contributed by atoms with Gasteiger partial charge in [-0.2, -0.15) is 4.98 Å². The molecule has 2 N–H and O–H groups in total. The van der Waals surface area contributed by atoms with Gasteiger partial charge in [0.15, 0.2) is 0 Å². The lowest BCUT2D eigenvalue weighted by molar-refractivity contribution is 1.13. The van der Waals surface area contributed by atoms with Crippen molar-refractivity contribution in [2.75, 3.05) is 10.6 Å². The number of para-hydroxylation sites is 1. The SMILES string of the molecule is CCc1ccccc1Nc1ccnc(Nc2ccc(Br)cc2)n1. The fourth-order valence-electron chi connectivity index (χ4n) is 2.24. The summed E-state index contributed by atoms with van der Waals surface area (Å²) in [5, 5.41) is 6.56. The van der Waals surface area contributed by atoms with E-state index in [-0.39, 0.29) is 0 Å². The van der Waals surface area contributed by atoms with Gasteiger partial charge in [-0.05, 0) is 48.4 Å². The third kappa shape index (κ3) is 4.07. The van der Waals surface area contributed by atoms with Crippen LogP contribution in [0.5, 0.6) is 0 Å². The van der Waals surface area contributed by atoms with Crippen LogP contribution >= 0.6 is 15.9 Å². The van der Waals surface area contributed by atoms with E-state index in [0.717, 1.165) is 28.1 Å². The molecule has 2 aromatic carbocycles. The van der Waals surface area contributed by atoms with Gasteiger partial charge < -0.3 is 10.6 Å². The molecule has 0 atom stereocenters. The van der Waals surface area contributed by atoms with Gasteiger partial charge in [-0.3, -0.25) is 0 Å². The second-order valence-electron chi connectivity index (χ2n) is 5.03. The number of benzene rings is 2. The highest BCUT2D eigenvalue weighted by Gasteiger charge is 2.03. The highest BCUT2D eigenvalue weighted by Crippen LogP contribution is 2.21. The average Bonchev–Trinajstić information content (AvgIpc) is 2.58. The highest BCUT2D eigenvalue weighted by molar-refractivity contribution is 9.10. The van der Waals surface area contributed by atoms with Crippen molar-refractivity contribution >= 4 is 39.1 Å². The van der Waals surface area contributed by atoms with E-state index in [4.69, 9.17) is 0 Å². The van der Waals surface area contributed by atoms with Crippen LogP contribution in [-0.2, 0) is 6.42 Å². The Morgan fingerprint density at radius 2 is 1.74 bits per heavy atom. The Labute approximate surface area is 144 Å². The van der Waals surface area contributed by atoms with Crippen LogP contribution in [-0.4, -0.2) is 9.97 Å². The van der Waals surface area contributed by atoms with Gasteiger partial charge in [0.05, 0.1) is 0 Å². The smallest absolute Gasteiger partial charge is 0.229 e. The molecule has 23 heavy (non-hydrogen) atoms. The molecule has 4 nitrogen and oxygen atoms in total. The lowest BCUT2D eigenvalue weighted by atomic mass is 10.1. The van der Waals surface area contributed by atoms with E-state index in [1.165, 1.54) is 5.56 Å². The molecule has 116 valence electrons. The zero-order valence-electron chi connectivity index (χ0n) is 12.8. The van der Waals surface area contributed by atoms with E-state index >= 15 is 0 Å². The van der Waals surface area contributed by atoms with Gasteiger partial charge in [0, 0.05) is 22.0 Å². The minimum absolute atomic E-state index is 0.561. The topological polar surface area (TPSA) is 49.8 Å². The van der Waals surface area contributed by atoms with Crippen LogP contribution in [0.4, 0.5) is 23.1 Å². The molecule has 0 radical (unpaired) electrons. The molecule has 5 heteroatoms. The summed E-state index contributed by atoms with van der Waals surface area (Å²) in [5.41, 5.74) is 3.27. The zero-order chi connectivity index (χ0) is 16.1. The van der Waals surface area contributed by atoms with Crippen LogP contribution in [0.25, 0.3) is 0 Å². The molecule has 1 heterocycles. The van der Waals surface area contributed by atoms with Crippen molar-refractivity contribution in [3.8, 4) is 0 Å². The summed E-state index contributed by atoms with van der Waals surface area (Å²) in [6.07, 6.45) is 2.71. The number of hydrogen-bond acceptors (Lipinski definition) is 4. The Morgan fingerprint density at radius 1 is 0.957 bits per heavy atom. The quantitative estimate of drug-likeness (QED) is 0.642. The van der Waals surface area contributed by atoms with E-state index in [1.54, 1.807) is 6.20 Å². The second kappa shape index (κ2) is 7.24. The minimum Gasteiger partial charge on any atom is -0.340 e. The number of halogens is 1. The van der Waals surface area contributed by atoms with Crippen LogP contribution in [0.3, 0.4) is 0 Å². The lowest BCUT2D eigenvalue weighted by Gasteiger charge is -2.11. The summed E-state index contributed by atoms with van der Waals surface area (Å²) in [7, 11) is 0. The van der Waals surface area contributed by atoms with Crippen molar-refractivity contribution in [2.45, 2.75) is 13.3 Å². The third-order valence-electron chi connectivity index (χ3n) is 3.42. The summed E-state index contributed by atoms with van der Waals surface area (Å²) in [6.45, 7) is 2.14. The molecule has 0 saturated carbocycles. The van der Waals surface area contributed by atoms with Crippen molar-refractivity contribution in [1.82, 2.24) is 9.97 Å². The van der Waals surface area contributed by atoms with Gasteiger partial charge in [0.1, 0.15) is 5.82 Å². The number of aromatic nitrogens is 2. The molecule has 0 bridgehead atoms. The molecular formula is C18H17BrN4. The molecule has 3 rings (SSSR count). The van der Waals surface area contributed by atoms with Crippen LogP contribution in [0.2, 0.25) is 0 Å². The summed E-state index contributed by atoms with van der Waals surface area (Å²) in [6, 6.07) is 18.0. The fourth-order valence-corrected chi connectivity index (χ4v) is 2.50. The molecule has 0 amide bonds. The van der Waals surface area contributed by atoms with Crippen molar-refractivity contribution in [1.29, 1.82) is 0 Å². The highest BCUT2D eigenvalue weighted by atomic mass is 79.9. The zero-order valence-corrected chi connectivity index (χ0v) is 14.3. The number of hydrogen-bond donors (Lipinski definition) is 2. The Kier molecular flexibility index (Phi) is 4.88. The van der Waals surface area contributed by atoms with Crippen LogP contribution in [0, 0.1) is 0 Å². The molecule has 1 aromatic heterocycles. The minimum atomic E-state index is 0.561. The average molecular weight is 369 g/mol. The number of rotatable bonds is 5. The number of aryl methyl sites for hydroxylation is 1. The van der Waals surface area contributed by atoms with Crippen LogP contribution in [0.15, 0.2) is 65.3 Å². The van der Waals surface area contributed by atoms with Gasteiger partial charge in [-0.15, -0.1) is 0 Å². The number of anilines is 4. The molecule has 3 aromatic rings. The molecule has 0 saturated heterocycles. The Bertz CT molecular complexity index is 787. The van der Waals surface area contributed by atoms with E-state index in [1.807, 2.05) is 42.5 Å². The predicted molar refractivity (Wildman–Crippen MR) is 98.6 cm³/mol. The summed E-state index contributed by atoms with van der Waals surface area (Å²) >= 11 is 3.42. The Morgan fingerprint density at radius 3 is 2.52 bits per heavy atom. The summed E-state index contributed by atoms with van der Waals surface area (Å²) in [4.78, 5) is 8.78. The fraction of sp³-hybridized carbons (Fsp3) is 0.111. The van der Waals surface area contributed by atoms with Crippen molar-refractivity contribution in [3.05, 3.63) is 70.8 Å². The molecule has 0 fully saturated rings. The van der Waals surface area contributed by atoms with Gasteiger partial charge in [-0.25, -0.2) is 4.98 Å². The molecule has 0 aliphatic rings. The first kappa shape index (κ1) is 15.5. The molecule has 0 aliphatic carbocycles. The van der Waals surface area contributed by atoms with Gasteiger partial charge in [0.25, 0.3) is 0 Å². The van der Waals surface area contributed by atoms with Crippen molar-refractivity contribution < 1.29 is 0 Å². The standard InChI is InChI=1S/C18H17BrN4/c1-2-13-5-3-4-6-16(13)22-17-11-12-20-18(23-17)21-15-9-7-14(19)8-10-15/h3-12H,2H2,1H3,(H2,20,21,22,23). The number of nitrogens with zero attached hydrogens (tertiary/aromatic N) is 2. The van der Waals surface area contributed by atoms with Crippen LogP contribution < -0.4 is 10.6 Å². The third-order valence-corrected chi connectivity index (χ3v) is 3.95. The van der Waals surface area contributed by atoms with Gasteiger partial charge >= 0.3 is 0 Å². The maximum Gasteiger partial charge on any atom is 0.229 e.